The fraction of sp³-hybridized carbons (Fsp3) is 0.562. The summed E-state index contributed by atoms with van der Waals surface area (Å²) in [6.45, 7) is 6.41. The molecule has 0 radical (unpaired) electrons. The Labute approximate surface area is 130 Å². The molecule has 0 aromatic heterocycles. The molecule has 1 atom stereocenters. The molecule has 1 aromatic carbocycles. The number of carbonyl (C=O) groups excluding carboxylic acids is 1. The molecule has 1 unspecified atom stereocenters. The lowest BCUT2D eigenvalue weighted by Crippen LogP contribution is -2.47. The van der Waals surface area contributed by atoms with Crippen molar-refractivity contribution < 1.29 is 9.53 Å². The fourth-order valence-electron chi connectivity index (χ4n) is 2.18. The van der Waals surface area contributed by atoms with Gasteiger partial charge in [0.25, 0.3) is 0 Å². The molecule has 0 amide bonds. The molecule has 0 saturated heterocycles. The Morgan fingerprint density at radius 3 is 2.40 bits per heavy atom. The molecule has 0 bridgehead atoms. The second-order valence-electron chi connectivity index (χ2n) is 4.89. The number of carbonyl (C=O) groups is 1. The first-order valence-corrected chi connectivity index (χ1v) is 8.08. The van der Waals surface area contributed by atoms with Crippen LogP contribution in [0.2, 0.25) is 0 Å². The molecule has 1 N–H and O–H groups in total. The van der Waals surface area contributed by atoms with Gasteiger partial charge in [-0.2, -0.15) is 0 Å². The summed E-state index contributed by atoms with van der Waals surface area (Å²) in [5.74, 6) is -0.154. The number of hydrogen-bond donors (Lipinski definition) is 1. The average Bonchev–Trinajstić information content (AvgIpc) is 2.46. The van der Waals surface area contributed by atoms with Crippen molar-refractivity contribution in [2.75, 3.05) is 11.9 Å². The van der Waals surface area contributed by atoms with E-state index in [4.69, 9.17) is 4.74 Å². The third kappa shape index (κ3) is 4.51. The van der Waals surface area contributed by atoms with Crippen LogP contribution in [0.3, 0.4) is 0 Å². The normalized spacial score (nSPS) is 13.6. The highest BCUT2D eigenvalue weighted by Crippen LogP contribution is 2.27. The van der Waals surface area contributed by atoms with Crippen LogP contribution in [0.1, 0.15) is 46.5 Å². The van der Waals surface area contributed by atoms with Crippen LogP contribution in [-0.4, -0.2) is 18.1 Å². The van der Waals surface area contributed by atoms with Gasteiger partial charge in [-0.25, -0.2) is 4.79 Å². The lowest BCUT2D eigenvalue weighted by Gasteiger charge is -2.32. The highest BCUT2D eigenvalue weighted by molar-refractivity contribution is 9.10. The Kier molecular flexibility index (Phi) is 7.06. The van der Waals surface area contributed by atoms with E-state index < -0.39 is 5.54 Å². The highest BCUT2D eigenvalue weighted by Gasteiger charge is 2.37. The van der Waals surface area contributed by atoms with Gasteiger partial charge in [-0.15, -0.1) is 0 Å². The molecule has 4 heteroatoms. The summed E-state index contributed by atoms with van der Waals surface area (Å²) in [4.78, 5) is 12.4. The molecular weight excluding hydrogens is 318 g/mol. The van der Waals surface area contributed by atoms with E-state index in [1.165, 1.54) is 0 Å². The minimum Gasteiger partial charge on any atom is -0.464 e. The standard InChI is InChI=1S/C16H24BrNO2/c1-4-7-12-16(5-2,15(19)20-6-3)18-14-10-8-13(17)9-11-14/h8-11,18H,4-7,12H2,1-3H3. The number of halogens is 1. The Morgan fingerprint density at radius 1 is 1.25 bits per heavy atom. The van der Waals surface area contributed by atoms with Gasteiger partial charge in [0.05, 0.1) is 6.61 Å². The summed E-state index contributed by atoms with van der Waals surface area (Å²) in [7, 11) is 0. The summed E-state index contributed by atoms with van der Waals surface area (Å²) in [5, 5.41) is 3.39. The monoisotopic (exact) mass is 341 g/mol. The van der Waals surface area contributed by atoms with E-state index in [-0.39, 0.29) is 5.97 Å². The lowest BCUT2D eigenvalue weighted by atomic mass is 9.89. The second-order valence-corrected chi connectivity index (χ2v) is 5.81. The van der Waals surface area contributed by atoms with Crippen LogP contribution < -0.4 is 5.32 Å². The first-order chi connectivity index (χ1) is 9.57. The van der Waals surface area contributed by atoms with E-state index in [2.05, 4.69) is 28.2 Å². The molecule has 0 fully saturated rings. The van der Waals surface area contributed by atoms with Gasteiger partial charge in [0.1, 0.15) is 5.54 Å². The smallest absolute Gasteiger partial charge is 0.331 e. The third-order valence-electron chi connectivity index (χ3n) is 3.45. The average molecular weight is 342 g/mol. The number of rotatable bonds is 8. The number of esters is 1. The zero-order valence-electron chi connectivity index (χ0n) is 12.5. The maximum absolute atomic E-state index is 12.4. The zero-order chi connectivity index (χ0) is 15.0. The van der Waals surface area contributed by atoms with E-state index in [9.17, 15) is 4.79 Å². The van der Waals surface area contributed by atoms with Crippen molar-refractivity contribution in [1.29, 1.82) is 0 Å². The molecular formula is C16H24BrNO2. The van der Waals surface area contributed by atoms with E-state index >= 15 is 0 Å². The van der Waals surface area contributed by atoms with Crippen LogP contribution in [0, 0.1) is 0 Å². The highest BCUT2D eigenvalue weighted by atomic mass is 79.9. The zero-order valence-corrected chi connectivity index (χ0v) is 14.1. The van der Waals surface area contributed by atoms with Crippen molar-refractivity contribution in [3.05, 3.63) is 28.7 Å². The fourth-order valence-corrected chi connectivity index (χ4v) is 2.45. The Morgan fingerprint density at radius 2 is 1.90 bits per heavy atom. The number of ether oxygens (including phenoxy) is 1. The van der Waals surface area contributed by atoms with E-state index in [1.54, 1.807) is 0 Å². The van der Waals surface area contributed by atoms with Gasteiger partial charge in [0.15, 0.2) is 0 Å². The van der Waals surface area contributed by atoms with Crippen molar-refractivity contribution >= 4 is 27.6 Å². The number of unbranched alkanes of at least 4 members (excludes halogenated alkanes) is 1. The number of nitrogens with one attached hydrogen (secondary N) is 1. The van der Waals surface area contributed by atoms with Gasteiger partial charge in [-0.05, 0) is 44.0 Å². The molecule has 20 heavy (non-hydrogen) atoms. The third-order valence-corrected chi connectivity index (χ3v) is 3.98. The van der Waals surface area contributed by atoms with Crippen LogP contribution in [0.25, 0.3) is 0 Å². The molecule has 112 valence electrons. The van der Waals surface area contributed by atoms with Crippen LogP contribution >= 0.6 is 15.9 Å². The van der Waals surface area contributed by atoms with Crippen molar-refractivity contribution in [3.8, 4) is 0 Å². The van der Waals surface area contributed by atoms with Gasteiger partial charge in [0.2, 0.25) is 0 Å². The van der Waals surface area contributed by atoms with Crippen LogP contribution in [0.15, 0.2) is 28.7 Å². The van der Waals surface area contributed by atoms with E-state index in [0.717, 1.165) is 29.4 Å². The number of anilines is 1. The lowest BCUT2D eigenvalue weighted by molar-refractivity contribution is -0.149. The summed E-state index contributed by atoms with van der Waals surface area (Å²) in [6, 6.07) is 7.88. The molecule has 0 aliphatic rings. The molecule has 3 nitrogen and oxygen atoms in total. The molecule has 0 saturated carbocycles. The molecule has 1 rings (SSSR count). The Balaban J connectivity index is 2.95. The minimum atomic E-state index is -0.625. The maximum atomic E-state index is 12.4. The van der Waals surface area contributed by atoms with Crippen molar-refractivity contribution in [1.82, 2.24) is 0 Å². The van der Waals surface area contributed by atoms with Gasteiger partial charge < -0.3 is 10.1 Å². The van der Waals surface area contributed by atoms with Gasteiger partial charge >= 0.3 is 5.97 Å². The molecule has 1 aromatic rings. The number of hydrogen-bond acceptors (Lipinski definition) is 3. The van der Waals surface area contributed by atoms with Gasteiger partial charge in [-0.3, -0.25) is 0 Å². The Hall–Kier alpha value is -1.03. The summed E-state index contributed by atoms with van der Waals surface area (Å²) in [6.07, 6.45) is 3.55. The first kappa shape index (κ1) is 17.0. The summed E-state index contributed by atoms with van der Waals surface area (Å²) in [5.41, 5.74) is 0.319. The summed E-state index contributed by atoms with van der Waals surface area (Å²) >= 11 is 3.42. The quantitative estimate of drug-likeness (QED) is 0.692. The molecule has 0 heterocycles. The Bertz CT molecular complexity index is 419. The van der Waals surface area contributed by atoms with E-state index in [0.29, 0.717) is 13.0 Å². The minimum absolute atomic E-state index is 0.154. The molecule has 0 aliphatic heterocycles. The molecule has 0 aliphatic carbocycles. The van der Waals surface area contributed by atoms with Crippen LogP contribution in [0.4, 0.5) is 5.69 Å². The topological polar surface area (TPSA) is 38.3 Å². The largest absolute Gasteiger partial charge is 0.464 e. The number of benzene rings is 1. The van der Waals surface area contributed by atoms with Crippen molar-refractivity contribution in [2.45, 2.75) is 52.0 Å². The second kappa shape index (κ2) is 8.30. The van der Waals surface area contributed by atoms with Crippen LogP contribution in [0.5, 0.6) is 0 Å². The van der Waals surface area contributed by atoms with Crippen molar-refractivity contribution in [3.63, 3.8) is 0 Å². The maximum Gasteiger partial charge on any atom is 0.331 e. The van der Waals surface area contributed by atoms with Gasteiger partial charge in [0, 0.05) is 10.2 Å². The van der Waals surface area contributed by atoms with Crippen molar-refractivity contribution in [2.24, 2.45) is 0 Å². The predicted octanol–water partition coefficient (Wildman–Crippen LogP) is 4.76. The molecule has 0 spiro atoms. The van der Waals surface area contributed by atoms with E-state index in [1.807, 2.05) is 38.1 Å². The summed E-state index contributed by atoms with van der Waals surface area (Å²) < 4.78 is 6.30. The van der Waals surface area contributed by atoms with Crippen LogP contribution in [-0.2, 0) is 9.53 Å². The predicted molar refractivity (Wildman–Crippen MR) is 86.9 cm³/mol. The van der Waals surface area contributed by atoms with Gasteiger partial charge in [-0.1, -0.05) is 42.6 Å². The SMILES string of the molecule is CCCCC(CC)(Nc1ccc(Br)cc1)C(=O)OCC. The first-order valence-electron chi connectivity index (χ1n) is 7.29.